The highest BCUT2D eigenvalue weighted by Crippen LogP contribution is 2.30. The molecule has 0 spiro atoms. The van der Waals surface area contributed by atoms with Crippen LogP contribution in [0.1, 0.15) is 39.0 Å². The maximum atomic E-state index is 5.97. The lowest BCUT2D eigenvalue weighted by Crippen LogP contribution is -2.25. The maximum Gasteiger partial charge on any atom is 0.134 e. The summed E-state index contributed by atoms with van der Waals surface area (Å²) in [4.78, 5) is 0. The third-order valence-corrected chi connectivity index (χ3v) is 3.33. The smallest absolute Gasteiger partial charge is 0.134 e. The third kappa shape index (κ3) is 3.10. The number of fused-ring (bicyclic) bond motifs is 1. The fourth-order valence-electron chi connectivity index (χ4n) is 2.29. The summed E-state index contributed by atoms with van der Waals surface area (Å²) in [5, 5.41) is 4.65. The van der Waals surface area contributed by atoms with Gasteiger partial charge in [-0.15, -0.1) is 0 Å². The van der Waals surface area contributed by atoms with E-state index in [4.69, 9.17) is 9.15 Å². The van der Waals surface area contributed by atoms with Gasteiger partial charge in [0, 0.05) is 5.39 Å². The average Bonchev–Trinajstić information content (AvgIpc) is 2.81. The molecule has 19 heavy (non-hydrogen) atoms. The number of furan rings is 1. The summed E-state index contributed by atoms with van der Waals surface area (Å²) in [6.45, 7) is 7.60. The Morgan fingerprint density at radius 1 is 1.26 bits per heavy atom. The van der Waals surface area contributed by atoms with Gasteiger partial charge >= 0.3 is 0 Å². The lowest BCUT2D eigenvalue weighted by Gasteiger charge is -2.19. The van der Waals surface area contributed by atoms with Crippen molar-refractivity contribution in [2.45, 2.75) is 33.2 Å². The van der Waals surface area contributed by atoms with Gasteiger partial charge in [0.1, 0.15) is 17.1 Å². The predicted octanol–water partition coefficient (Wildman–Crippen LogP) is 4.14. The van der Waals surface area contributed by atoms with Gasteiger partial charge in [0.05, 0.1) is 13.2 Å². The molecule has 0 saturated carbocycles. The first-order valence-corrected chi connectivity index (χ1v) is 6.96. The summed E-state index contributed by atoms with van der Waals surface area (Å²) >= 11 is 0. The topological polar surface area (TPSA) is 34.4 Å². The Morgan fingerprint density at radius 2 is 2.05 bits per heavy atom. The van der Waals surface area contributed by atoms with Crippen LogP contribution in [-0.4, -0.2) is 13.7 Å². The first kappa shape index (κ1) is 13.9. The molecule has 0 aliphatic carbocycles. The second-order valence-corrected chi connectivity index (χ2v) is 5.23. The van der Waals surface area contributed by atoms with Crippen molar-refractivity contribution in [3.05, 3.63) is 30.0 Å². The van der Waals surface area contributed by atoms with Gasteiger partial charge in [0.25, 0.3) is 0 Å². The van der Waals surface area contributed by atoms with Crippen molar-refractivity contribution >= 4 is 11.0 Å². The quantitative estimate of drug-likeness (QED) is 0.848. The van der Waals surface area contributed by atoms with Crippen LogP contribution in [0.4, 0.5) is 0 Å². The largest absolute Gasteiger partial charge is 0.497 e. The monoisotopic (exact) mass is 261 g/mol. The predicted molar refractivity (Wildman–Crippen MR) is 78.6 cm³/mol. The molecule has 1 aromatic heterocycles. The molecular formula is C16H23NO2. The molecule has 2 rings (SSSR count). The van der Waals surface area contributed by atoms with Gasteiger partial charge < -0.3 is 14.5 Å². The zero-order chi connectivity index (χ0) is 13.8. The molecule has 1 heterocycles. The van der Waals surface area contributed by atoms with Gasteiger partial charge in [0.2, 0.25) is 0 Å². The van der Waals surface area contributed by atoms with E-state index in [-0.39, 0.29) is 6.04 Å². The lowest BCUT2D eigenvalue weighted by atomic mass is 10.0. The van der Waals surface area contributed by atoms with Gasteiger partial charge in [0.15, 0.2) is 0 Å². The van der Waals surface area contributed by atoms with Gasteiger partial charge in [-0.25, -0.2) is 0 Å². The highest BCUT2D eigenvalue weighted by Gasteiger charge is 2.19. The van der Waals surface area contributed by atoms with Crippen LogP contribution in [0.25, 0.3) is 11.0 Å². The number of ether oxygens (including phenoxy) is 1. The van der Waals surface area contributed by atoms with Crippen LogP contribution in [0.3, 0.4) is 0 Å². The number of hydrogen-bond acceptors (Lipinski definition) is 3. The van der Waals surface area contributed by atoms with Crippen molar-refractivity contribution in [1.29, 1.82) is 0 Å². The second kappa shape index (κ2) is 6.11. The van der Waals surface area contributed by atoms with E-state index in [1.807, 2.05) is 18.2 Å². The first-order valence-electron chi connectivity index (χ1n) is 6.96. The SMILES string of the molecule is CCCNC(c1cc2cc(OC)ccc2o1)C(C)C. The number of benzene rings is 1. The molecule has 0 radical (unpaired) electrons. The van der Waals surface area contributed by atoms with Gasteiger partial charge in [-0.1, -0.05) is 20.8 Å². The van der Waals surface area contributed by atoms with Crippen molar-refractivity contribution in [2.75, 3.05) is 13.7 Å². The number of methoxy groups -OCH3 is 1. The van der Waals surface area contributed by atoms with Crippen LogP contribution >= 0.6 is 0 Å². The fraction of sp³-hybridized carbons (Fsp3) is 0.500. The molecule has 0 aliphatic rings. The highest BCUT2D eigenvalue weighted by molar-refractivity contribution is 5.79. The standard InChI is InChI=1S/C16H23NO2/c1-5-8-17-16(11(2)3)15-10-12-9-13(18-4)6-7-14(12)19-15/h6-7,9-11,16-17H,5,8H2,1-4H3. The number of rotatable bonds is 6. The zero-order valence-electron chi connectivity index (χ0n) is 12.2. The van der Waals surface area contributed by atoms with E-state index in [9.17, 15) is 0 Å². The van der Waals surface area contributed by atoms with Crippen molar-refractivity contribution in [1.82, 2.24) is 5.32 Å². The van der Waals surface area contributed by atoms with Crippen molar-refractivity contribution < 1.29 is 9.15 Å². The van der Waals surface area contributed by atoms with Crippen LogP contribution < -0.4 is 10.1 Å². The normalized spacial score (nSPS) is 13.1. The van der Waals surface area contributed by atoms with E-state index in [1.54, 1.807) is 7.11 Å². The minimum absolute atomic E-state index is 0.262. The van der Waals surface area contributed by atoms with E-state index in [0.29, 0.717) is 5.92 Å². The van der Waals surface area contributed by atoms with Crippen molar-refractivity contribution in [3.63, 3.8) is 0 Å². The average molecular weight is 261 g/mol. The minimum Gasteiger partial charge on any atom is -0.497 e. The third-order valence-electron chi connectivity index (χ3n) is 3.33. The van der Waals surface area contributed by atoms with E-state index >= 15 is 0 Å². The Bertz CT molecular complexity index is 531. The number of hydrogen-bond donors (Lipinski definition) is 1. The summed E-state index contributed by atoms with van der Waals surface area (Å²) in [7, 11) is 1.68. The Hall–Kier alpha value is -1.48. The molecule has 1 atom stereocenters. The summed E-state index contributed by atoms with van der Waals surface area (Å²) in [6.07, 6.45) is 1.12. The van der Waals surface area contributed by atoms with Crippen molar-refractivity contribution in [2.24, 2.45) is 5.92 Å². The van der Waals surface area contributed by atoms with E-state index < -0.39 is 0 Å². The minimum atomic E-state index is 0.262. The molecule has 0 fully saturated rings. The molecule has 2 aromatic rings. The molecule has 0 saturated heterocycles. The van der Waals surface area contributed by atoms with Gasteiger partial charge in [-0.3, -0.25) is 0 Å². The van der Waals surface area contributed by atoms with Crippen molar-refractivity contribution in [3.8, 4) is 5.75 Å². The Labute approximate surface area is 114 Å². The number of nitrogens with one attached hydrogen (secondary N) is 1. The molecule has 0 aliphatic heterocycles. The molecule has 1 aromatic carbocycles. The van der Waals surface area contributed by atoms with Crippen LogP contribution in [0.15, 0.2) is 28.7 Å². The Balaban J connectivity index is 2.31. The molecule has 1 unspecified atom stereocenters. The van der Waals surface area contributed by atoms with Crippen LogP contribution in [0.5, 0.6) is 5.75 Å². The zero-order valence-corrected chi connectivity index (χ0v) is 12.2. The van der Waals surface area contributed by atoms with E-state index in [1.165, 1.54) is 0 Å². The summed E-state index contributed by atoms with van der Waals surface area (Å²) in [5.41, 5.74) is 0.916. The summed E-state index contributed by atoms with van der Waals surface area (Å²) in [5.74, 6) is 2.36. The fourth-order valence-corrected chi connectivity index (χ4v) is 2.29. The molecule has 104 valence electrons. The van der Waals surface area contributed by atoms with Crippen LogP contribution in [-0.2, 0) is 0 Å². The molecule has 3 nitrogen and oxygen atoms in total. The summed E-state index contributed by atoms with van der Waals surface area (Å²) in [6, 6.07) is 8.29. The lowest BCUT2D eigenvalue weighted by molar-refractivity contribution is 0.351. The molecule has 3 heteroatoms. The van der Waals surface area contributed by atoms with Crippen LogP contribution in [0.2, 0.25) is 0 Å². The molecule has 0 amide bonds. The maximum absolute atomic E-state index is 5.97. The van der Waals surface area contributed by atoms with Crippen LogP contribution in [0, 0.1) is 5.92 Å². The van der Waals surface area contributed by atoms with Gasteiger partial charge in [-0.05, 0) is 43.1 Å². The Kier molecular flexibility index (Phi) is 4.48. The Morgan fingerprint density at radius 3 is 2.68 bits per heavy atom. The van der Waals surface area contributed by atoms with Gasteiger partial charge in [-0.2, -0.15) is 0 Å². The first-order chi connectivity index (χ1) is 9.15. The van der Waals surface area contributed by atoms with E-state index in [2.05, 4.69) is 32.2 Å². The molecule has 1 N–H and O–H groups in total. The second-order valence-electron chi connectivity index (χ2n) is 5.23. The van der Waals surface area contributed by atoms with E-state index in [0.717, 1.165) is 35.4 Å². The highest BCUT2D eigenvalue weighted by atomic mass is 16.5. The molecule has 0 bridgehead atoms. The summed E-state index contributed by atoms with van der Waals surface area (Å²) < 4.78 is 11.2. The molecular weight excluding hydrogens is 238 g/mol.